The van der Waals surface area contributed by atoms with E-state index in [2.05, 4.69) is 58.4 Å². The molecule has 0 aliphatic carbocycles. The Hall–Kier alpha value is -6.90. The lowest BCUT2D eigenvalue weighted by molar-refractivity contribution is -0.903. The summed E-state index contributed by atoms with van der Waals surface area (Å²) < 4.78 is 158. The van der Waals surface area contributed by atoms with E-state index in [-0.39, 0.29) is 56.6 Å². The van der Waals surface area contributed by atoms with Crippen LogP contribution in [0.1, 0.15) is 286 Å². The Balaban J connectivity index is 0.654. The van der Waals surface area contributed by atoms with Crippen LogP contribution in [0.3, 0.4) is 0 Å². The number of carbonyl (C=O) groups excluding carboxylic acids is 3. The fourth-order valence-corrected chi connectivity index (χ4v) is 20.4. The van der Waals surface area contributed by atoms with Crippen LogP contribution in [0.4, 0.5) is 5.69 Å². The van der Waals surface area contributed by atoms with Crippen LogP contribution in [0.2, 0.25) is 0 Å². The highest BCUT2D eigenvalue weighted by atomic mass is 32.2. The van der Waals surface area contributed by atoms with E-state index in [0.29, 0.717) is 248 Å². The van der Waals surface area contributed by atoms with Crippen molar-refractivity contribution in [2.75, 3.05) is 215 Å². The van der Waals surface area contributed by atoms with Gasteiger partial charge >= 0.3 is 8.03 Å². The van der Waals surface area contributed by atoms with Gasteiger partial charge in [0.15, 0.2) is 12.1 Å². The highest BCUT2D eigenvalue weighted by molar-refractivity contribution is 7.86. The molecule has 796 valence electrons. The van der Waals surface area contributed by atoms with Crippen LogP contribution >= 0.6 is 8.03 Å². The number of amides is 3. The summed E-state index contributed by atoms with van der Waals surface area (Å²) in [7, 11) is -5.38. The van der Waals surface area contributed by atoms with Crippen LogP contribution in [-0.4, -0.2) is 307 Å². The first kappa shape index (κ1) is 121. The standard InChI is InChI=1S/C106H172N9O23PS2/c1-12-16-18-20-22-24-26-28-29-31-33-35-37-39-41-48-102(118)108-95(98(116)47-40-38-36-34-32-30-27-25-23-21-19-17-13-2)83-139(120)137-56-53-115(10,11)82-88-81-112(110-109-88)52-55-128-58-60-130-62-64-132-66-68-134-70-72-136-74-73-135-71-69-133-67-65-131-63-61-129-59-57-127-54-50-107-101(117)49-44-51-111(9)104(119)90-46-43-42-45-89(90)103-93-75-91-86(84-140(121,122)123)79-105(5,6)113(14-3)96(91)77-99(93)138-100-78-97-92(76-94(100)103)87(85-141(124,125)126)80-106(7,8)114(97)15-4/h40,42-43,45-47,75-81,95,98,116H,12-39,41,44,48-74,82-85H2,1-11H3,(H-3,107,108,117,118,121,122,123,124,125,126)/p+3/b47-40-. The van der Waals surface area contributed by atoms with Crippen molar-refractivity contribution in [3.63, 3.8) is 0 Å². The molecule has 5 N–H and O–H groups in total. The van der Waals surface area contributed by atoms with E-state index < -0.39 is 63.0 Å². The number of hydrogen-bond acceptors (Lipinski definition) is 24. The van der Waals surface area contributed by atoms with Crippen molar-refractivity contribution in [3.8, 4) is 11.5 Å². The normalized spacial score (nSPS) is 14.6. The number of fused-ring (bicyclic) bond motifs is 4. The van der Waals surface area contributed by atoms with Gasteiger partial charge in [0.25, 0.3) is 26.1 Å². The van der Waals surface area contributed by atoms with E-state index >= 15 is 0 Å². The van der Waals surface area contributed by atoms with Gasteiger partial charge in [0.2, 0.25) is 23.3 Å². The number of quaternary nitrogens is 1. The molecule has 3 aliphatic rings. The number of carbonyl (C=O) groups is 3. The third-order valence-corrected chi connectivity index (χ3v) is 28.1. The number of nitrogens with zero attached hydrogens (tertiary/aromatic N) is 7. The summed E-state index contributed by atoms with van der Waals surface area (Å²) in [5.41, 5.74) is 3.88. The first-order valence-electron chi connectivity index (χ1n) is 52.5. The molecule has 0 fully saturated rings. The minimum absolute atomic E-state index is 0.0286. The second kappa shape index (κ2) is 67.8. The van der Waals surface area contributed by atoms with Crippen LogP contribution in [0, 0.1) is 0 Å². The van der Waals surface area contributed by atoms with Crippen molar-refractivity contribution in [1.29, 1.82) is 0 Å². The minimum Gasteiger partial charge on any atom is -0.456 e. The summed E-state index contributed by atoms with van der Waals surface area (Å²) in [6.45, 7) is 28.0. The zero-order valence-corrected chi connectivity index (χ0v) is 89.7. The number of unbranched alkanes of at least 4 members (excludes halogenated alkanes) is 25. The van der Waals surface area contributed by atoms with Crippen molar-refractivity contribution >= 4 is 68.4 Å². The number of ether oxygens (including phenoxy) is 11. The Labute approximate surface area is 843 Å². The van der Waals surface area contributed by atoms with E-state index in [4.69, 9.17) is 56.6 Å². The summed E-state index contributed by atoms with van der Waals surface area (Å²) in [6, 6.07) is 13.8. The maximum atomic E-state index is 14.8. The van der Waals surface area contributed by atoms with E-state index in [0.717, 1.165) is 44.2 Å². The number of rotatable bonds is 84. The maximum Gasteiger partial charge on any atom is 0.510 e. The lowest BCUT2D eigenvalue weighted by Crippen LogP contribution is -2.50. The summed E-state index contributed by atoms with van der Waals surface area (Å²) in [5.74, 6) is -1.13. The number of anilines is 1. The molecule has 141 heavy (non-hydrogen) atoms. The Morgan fingerprint density at radius 3 is 1.54 bits per heavy atom. The lowest BCUT2D eigenvalue weighted by atomic mass is 9.83. The monoisotopic (exact) mass is 2040 g/mol. The number of allylic oxidation sites excluding steroid dienone is 1. The molecule has 35 heteroatoms. The second-order valence-corrected chi connectivity index (χ2v) is 43.1. The average Bonchev–Trinajstić information content (AvgIpc) is 0.766. The number of aromatic nitrogens is 3. The number of benzene rings is 3. The van der Waals surface area contributed by atoms with Gasteiger partial charge in [-0.2, -0.15) is 16.8 Å². The summed E-state index contributed by atoms with van der Waals surface area (Å²) in [5, 5.41) is 27.2. The van der Waals surface area contributed by atoms with Gasteiger partial charge in [0, 0.05) is 92.6 Å². The molecule has 3 amide bonds. The van der Waals surface area contributed by atoms with Crippen LogP contribution in [0.5, 0.6) is 11.5 Å². The molecule has 0 bridgehead atoms. The average molecular weight is 2040 g/mol. The summed E-state index contributed by atoms with van der Waals surface area (Å²) in [6.07, 6.45) is 43.0. The Kier molecular flexibility index (Phi) is 58.2. The number of likely N-dealkylation sites (N-methyl/N-ethyl adjacent to an activating group) is 3. The number of aliphatic hydroxyl groups excluding tert-OH is 1. The maximum absolute atomic E-state index is 14.8. The lowest BCUT2D eigenvalue weighted by Gasteiger charge is -2.43. The molecule has 0 spiro atoms. The molecular formula is C106H175N9O23PS2+3. The predicted octanol–water partition coefficient (Wildman–Crippen LogP) is 15.6. The number of hydrogen-bond donors (Lipinski definition) is 5. The fourth-order valence-electron chi connectivity index (χ4n) is 18.2. The van der Waals surface area contributed by atoms with Gasteiger partial charge in [-0.25, -0.2) is 9.26 Å². The topological polar surface area (TPSA) is 372 Å². The molecule has 4 heterocycles. The number of aliphatic hydroxyl groups is 1. The van der Waals surface area contributed by atoms with Gasteiger partial charge in [-0.1, -0.05) is 210 Å². The highest BCUT2D eigenvalue weighted by Crippen LogP contribution is 2.48. The Bertz CT molecular complexity index is 4800. The molecule has 3 atom stereocenters. The molecule has 0 saturated carbocycles. The Morgan fingerprint density at radius 2 is 1.04 bits per heavy atom. The zero-order chi connectivity index (χ0) is 102. The number of nitrogens with one attached hydrogen (secondary N) is 2. The Morgan fingerprint density at radius 1 is 0.560 bits per heavy atom. The highest BCUT2D eigenvalue weighted by Gasteiger charge is 2.40. The minimum atomic E-state index is -4.51. The van der Waals surface area contributed by atoms with Gasteiger partial charge in [-0.05, 0) is 98.9 Å². The van der Waals surface area contributed by atoms with Gasteiger partial charge < -0.3 is 82.1 Å². The molecule has 1 aromatic heterocycles. The molecule has 0 radical (unpaired) electrons. The molecule has 0 saturated heterocycles. The zero-order valence-electron chi connectivity index (χ0n) is 87.2. The van der Waals surface area contributed by atoms with Crippen LogP contribution in [-0.2, 0) is 99.4 Å². The predicted molar refractivity (Wildman–Crippen MR) is 556 cm³/mol. The molecule has 4 aromatic rings. The molecule has 7 rings (SSSR count). The first-order valence-corrected chi connectivity index (χ1v) is 57.1. The van der Waals surface area contributed by atoms with Crippen LogP contribution in [0.15, 0.2) is 79.0 Å². The molecule has 3 unspecified atom stereocenters. The van der Waals surface area contributed by atoms with Crippen molar-refractivity contribution in [2.24, 2.45) is 0 Å². The van der Waals surface area contributed by atoms with Crippen LogP contribution < -0.4 is 35.4 Å². The fraction of sp³-hybridized carbons (Fsp3) is 0.717. The van der Waals surface area contributed by atoms with Crippen molar-refractivity contribution < 1.29 is 111 Å². The second-order valence-electron chi connectivity index (χ2n) is 38.9. The smallest absolute Gasteiger partial charge is 0.456 e. The molecule has 32 nitrogen and oxygen atoms in total. The van der Waals surface area contributed by atoms with Crippen molar-refractivity contribution in [3.05, 3.63) is 123 Å². The van der Waals surface area contributed by atoms with Gasteiger partial charge in [0.05, 0.1) is 182 Å². The SMILES string of the molecule is CCCCCCCCCCCCC/C=C\C(O)C(C[P+](=O)OCC[N+](C)(C)Cc1cn(CCOCCOCCOCCOCCOCCOCCOCCOCCOCCOCCNC(=O)CCCN(C)C(=O)c2ccccc2C2=c3cc4c(cc3Oc3cc5c(cc32)C(CS(=O)(=O)O)=CC(C)(C)N5CC)=[N+](CC)C(C)(C)C=C4CS(=O)(=O)O)nn1)NC(=O)CCCCCCCCCCCCCCCCC. The van der Waals surface area contributed by atoms with E-state index in [1.54, 1.807) is 40.9 Å². The molecule has 3 aromatic carbocycles. The molecule has 3 aliphatic heterocycles. The third kappa shape index (κ3) is 47.7. The summed E-state index contributed by atoms with van der Waals surface area (Å²) >= 11 is 0. The van der Waals surface area contributed by atoms with E-state index in [1.807, 2.05) is 96.3 Å². The van der Waals surface area contributed by atoms with Gasteiger partial charge in [-0.15, -0.1) is 9.62 Å². The van der Waals surface area contributed by atoms with Crippen LogP contribution in [0.25, 0.3) is 16.7 Å². The van der Waals surface area contributed by atoms with E-state index in [1.165, 1.54) is 135 Å². The summed E-state index contributed by atoms with van der Waals surface area (Å²) in [4.78, 5) is 44.8. The molecular weight excluding hydrogens is 1860 g/mol. The quantitative estimate of drug-likeness (QED) is 0.00603. The van der Waals surface area contributed by atoms with Gasteiger partial charge in [0.1, 0.15) is 54.4 Å². The first-order chi connectivity index (χ1) is 67.9. The van der Waals surface area contributed by atoms with E-state index in [9.17, 15) is 50.0 Å². The van der Waals surface area contributed by atoms with Crippen molar-refractivity contribution in [1.82, 2.24) is 35.1 Å². The third-order valence-electron chi connectivity index (χ3n) is 25.6. The van der Waals surface area contributed by atoms with Gasteiger partial charge in [-0.3, -0.25) is 23.5 Å². The van der Waals surface area contributed by atoms with Crippen molar-refractivity contribution in [2.45, 2.75) is 284 Å². The largest absolute Gasteiger partial charge is 0.510 e.